The van der Waals surface area contributed by atoms with Crippen LogP contribution >= 0.6 is 0 Å². The Balaban J connectivity index is 2.25. The number of nitro groups is 1. The van der Waals surface area contributed by atoms with E-state index in [4.69, 9.17) is 0 Å². The van der Waals surface area contributed by atoms with Gasteiger partial charge in [0.1, 0.15) is 18.4 Å². The summed E-state index contributed by atoms with van der Waals surface area (Å²) in [6.07, 6.45) is 4.08. The number of hydrogen-bond donors (Lipinski definition) is 1. The maximum Gasteiger partial charge on any atom is 0.342 e. The summed E-state index contributed by atoms with van der Waals surface area (Å²) < 4.78 is 1.39. The summed E-state index contributed by atoms with van der Waals surface area (Å²) >= 11 is 0. The maximum absolute atomic E-state index is 10.5. The van der Waals surface area contributed by atoms with Crippen LogP contribution in [-0.2, 0) is 6.54 Å². The standard InChI is InChI=1S/C6H6N6O2/c13-12(14)6-2-7-4-11(6)3-5-1-8-10-9-5/h1-2,4H,3H2,(H,8,9,10). The zero-order chi connectivity index (χ0) is 9.97. The van der Waals surface area contributed by atoms with Gasteiger partial charge >= 0.3 is 5.82 Å². The minimum absolute atomic E-state index is 0.0620. The summed E-state index contributed by atoms with van der Waals surface area (Å²) in [7, 11) is 0. The third kappa shape index (κ3) is 1.44. The summed E-state index contributed by atoms with van der Waals surface area (Å²) in [5, 5.41) is 20.3. The molecule has 0 fully saturated rings. The fourth-order valence-electron chi connectivity index (χ4n) is 1.06. The number of aromatic amines is 1. The lowest BCUT2D eigenvalue weighted by Crippen LogP contribution is -2.03. The molecule has 2 aromatic heterocycles. The van der Waals surface area contributed by atoms with Crippen molar-refractivity contribution in [1.29, 1.82) is 0 Å². The molecule has 0 aromatic carbocycles. The Labute approximate surface area is 77.7 Å². The first kappa shape index (κ1) is 8.35. The van der Waals surface area contributed by atoms with Crippen LogP contribution in [0.3, 0.4) is 0 Å². The largest absolute Gasteiger partial charge is 0.358 e. The van der Waals surface area contributed by atoms with E-state index in [2.05, 4.69) is 20.4 Å². The van der Waals surface area contributed by atoms with Crippen LogP contribution in [0.2, 0.25) is 0 Å². The third-order valence-corrected chi connectivity index (χ3v) is 1.67. The zero-order valence-corrected chi connectivity index (χ0v) is 6.99. The molecule has 0 aliphatic heterocycles. The maximum atomic E-state index is 10.5. The van der Waals surface area contributed by atoms with Gasteiger partial charge in [0.25, 0.3) is 0 Å². The van der Waals surface area contributed by atoms with E-state index >= 15 is 0 Å². The van der Waals surface area contributed by atoms with Gasteiger partial charge in [-0.15, -0.1) is 0 Å². The lowest BCUT2D eigenvalue weighted by Gasteiger charge is -1.96. The van der Waals surface area contributed by atoms with Crippen molar-refractivity contribution in [3.63, 3.8) is 0 Å². The summed E-state index contributed by atoms with van der Waals surface area (Å²) in [4.78, 5) is 13.7. The van der Waals surface area contributed by atoms with Crippen LogP contribution in [0.1, 0.15) is 5.69 Å². The van der Waals surface area contributed by atoms with Crippen LogP contribution < -0.4 is 0 Å². The Hall–Kier alpha value is -2.25. The monoisotopic (exact) mass is 194 g/mol. The summed E-state index contributed by atoms with van der Waals surface area (Å²) in [6, 6.07) is 0. The van der Waals surface area contributed by atoms with Gasteiger partial charge < -0.3 is 10.1 Å². The van der Waals surface area contributed by atoms with E-state index in [1.54, 1.807) is 0 Å². The molecule has 2 rings (SSSR count). The number of imidazole rings is 1. The van der Waals surface area contributed by atoms with Crippen molar-refractivity contribution in [3.05, 3.63) is 34.5 Å². The van der Waals surface area contributed by atoms with Crippen molar-refractivity contribution in [1.82, 2.24) is 25.0 Å². The van der Waals surface area contributed by atoms with Gasteiger partial charge in [-0.3, -0.25) is 0 Å². The fourth-order valence-corrected chi connectivity index (χ4v) is 1.06. The predicted molar refractivity (Wildman–Crippen MR) is 44.4 cm³/mol. The highest BCUT2D eigenvalue weighted by Gasteiger charge is 2.13. The lowest BCUT2D eigenvalue weighted by atomic mass is 10.5. The number of nitrogens with zero attached hydrogens (tertiary/aromatic N) is 5. The van der Waals surface area contributed by atoms with Gasteiger partial charge in [0, 0.05) is 0 Å². The van der Waals surface area contributed by atoms with Crippen LogP contribution in [0.4, 0.5) is 5.82 Å². The predicted octanol–water partition coefficient (Wildman–Crippen LogP) is -0.0423. The molecule has 0 aliphatic rings. The molecule has 0 spiro atoms. The molecule has 0 saturated heterocycles. The highest BCUT2D eigenvalue weighted by molar-refractivity contribution is 5.16. The second-order valence-electron chi connectivity index (χ2n) is 2.60. The van der Waals surface area contributed by atoms with Crippen molar-refractivity contribution < 1.29 is 4.92 Å². The molecule has 2 heterocycles. The molecule has 0 amide bonds. The van der Waals surface area contributed by atoms with E-state index in [1.807, 2.05) is 0 Å². The van der Waals surface area contributed by atoms with Gasteiger partial charge in [0.05, 0.1) is 6.20 Å². The van der Waals surface area contributed by atoms with Gasteiger partial charge in [-0.2, -0.15) is 15.4 Å². The molecule has 72 valence electrons. The molecule has 0 saturated carbocycles. The Morgan fingerprint density at radius 1 is 1.57 bits per heavy atom. The van der Waals surface area contributed by atoms with E-state index in [1.165, 1.54) is 23.3 Å². The van der Waals surface area contributed by atoms with E-state index < -0.39 is 4.92 Å². The van der Waals surface area contributed by atoms with Gasteiger partial charge in [-0.1, -0.05) is 0 Å². The van der Waals surface area contributed by atoms with Crippen LogP contribution in [-0.4, -0.2) is 29.9 Å². The van der Waals surface area contributed by atoms with Crippen molar-refractivity contribution in [2.45, 2.75) is 6.54 Å². The number of hydrogen-bond acceptors (Lipinski definition) is 5. The molecule has 0 aliphatic carbocycles. The van der Waals surface area contributed by atoms with E-state index in [-0.39, 0.29) is 12.4 Å². The Kier molecular flexibility index (Phi) is 1.94. The molecule has 2 aromatic rings. The first-order valence-electron chi connectivity index (χ1n) is 3.76. The number of aromatic nitrogens is 5. The smallest absolute Gasteiger partial charge is 0.342 e. The second-order valence-corrected chi connectivity index (χ2v) is 2.60. The van der Waals surface area contributed by atoms with Crippen LogP contribution in [0.5, 0.6) is 0 Å². The minimum atomic E-state index is -0.493. The average Bonchev–Trinajstić information content (AvgIpc) is 2.75. The first-order chi connectivity index (χ1) is 6.77. The van der Waals surface area contributed by atoms with Gasteiger partial charge in [-0.25, -0.2) is 9.55 Å². The molecule has 14 heavy (non-hydrogen) atoms. The molecule has 0 atom stereocenters. The molecule has 8 nitrogen and oxygen atoms in total. The van der Waals surface area contributed by atoms with Crippen molar-refractivity contribution in [2.75, 3.05) is 0 Å². The quantitative estimate of drug-likeness (QED) is 0.545. The molecule has 8 heteroatoms. The molecule has 0 bridgehead atoms. The van der Waals surface area contributed by atoms with Crippen LogP contribution in [0.15, 0.2) is 18.7 Å². The van der Waals surface area contributed by atoms with E-state index in [0.717, 1.165) is 0 Å². The highest BCUT2D eigenvalue weighted by Crippen LogP contribution is 2.10. The fraction of sp³-hybridized carbons (Fsp3) is 0.167. The molecule has 1 N–H and O–H groups in total. The van der Waals surface area contributed by atoms with Crippen LogP contribution in [0, 0.1) is 10.1 Å². The summed E-state index contributed by atoms with van der Waals surface area (Å²) in [6.45, 7) is 0.285. The lowest BCUT2D eigenvalue weighted by molar-refractivity contribution is -0.392. The molecule has 0 unspecified atom stereocenters. The van der Waals surface area contributed by atoms with Crippen molar-refractivity contribution in [2.24, 2.45) is 0 Å². The van der Waals surface area contributed by atoms with E-state index in [9.17, 15) is 10.1 Å². The van der Waals surface area contributed by atoms with Crippen molar-refractivity contribution in [3.8, 4) is 0 Å². The number of rotatable bonds is 3. The second kappa shape index (κ2) is 3.24. The first-order valence-corrected chi connectivity index (χ1v) is 3.76. The normalized spacial score (nSPS) is 10.3. The summed E-state index contributed by atoms with van der Waals surface area (Å²) in [5.41, 5.74) is 0.617. The van der Waals surface area contributed by atoms with Gasteiger partial charge in [-0.05, 0) is 4.92 Å². The average molecular weight is 194 g/mol. The number of nitrogens with one attached hydrogen (secondary N) is 1. The molecule has 0 radical (unpaired) electrons. The van der Waals surface area contributed by atoms with Gasteiger partial charge in [0.2, 0.25) is 0 Å². The Morgan fingerprint density at radius 3 is 3.07 bits per heavy atom. The zero-order valence-electron chi connectivity index (χ0n) is 6.99. The third-order valence-electron chi connectivity index (χ3n) is 1.67. The van der Waals surface area contributed by atoms with E-state index in [0.29, 0.717) is 5.69 Å². The topological polar surface area (TPSA) is 103 Å². The van der Waals surface area contributed by atoms with Crippen molar-refractivity contribution >= 4 is 5.82 Å². The van der Waals surface area contributed by atoms with Crippen LogP contribution in [0.25, 0.3) is 0 Å². The summed E-state index contributed by atoms with van der Waals surface area (Å²) in [5.74, 6) is -0.0620. The molecular weight excluding hydrogens is 188 g/mol. The SMILES string of the molecule is O=[N+]([O-])c1cncn1Cc1cn[nH]n1. The number of H-pyrrole nitrogens is 1. The highest BCUT2D eigenvalue weighted by atomic mass is 16.6. The minimum Gasteiger partial charge on any atom is -0.358 e. The molecular formula is C6H6N6O2. The Morgan fingerprint density at radius 2 is 2.43 bits per heavy atom. The van der Waals surface area contributed by atoms with Gasteiger partial charge in [0.15, 0.2) is 6.33 Å². The Bertz CT molecular complexity index is 433.